The minimum atomic E-state index is -0.266. The fourth-order valence-corrected chi connectivity index (χ4v) is 2.09. The number of rotatable bonds is 3. The van der Waals surface area contributed by atoms with E-state index >= 15 is 0 Å². The van der Waals surface area contributed by atoms with Gasteiger partial charge in [-0.25, -0.2) is 4.98 Å². The Kier molecular flexibility index (Phi) is 4.02. The summed E-state index contributed by atoms with van der Waals surface area (Å²) in [5.41, 5.74) is 6.89. The number of hydrogen-bond acceptors (Lipinski definition) is 3. The topological polar surface area (TPSA) is 68.0 Å². The molecule has 3 N–H and O–H groups in total. The molecule has 5 heteroatoms. The first kappa shape index (κ1) is 13.4. The van der Waals surface area contributed by atoms with Crippen LogP contribution in [0.25, 0.3) is 0 Å². The molecule has 1 unspecified atom stereocenters. The third-order valence-corrected chi connectivity index (χ3v) is 3.15. The summed E-state index contributed by atoms with van der Waals surface area (Å²) in [7, 11) is 0. The molecule has 4 nitrogen and oxygen atoms in total. The van der Waals surface area contributed by atoms with Crippen molar-refractivity contribution in [3.63, 3.8) is 0 Å². The summed E-state index contributed by atoms with van der Waals surface area (Å²) in [6.45, 7) is 1.87. The molecule has 1 amide bonds. The molecule has 2 aromatic rings. The Labute approximate surface area is 116 Å². The van der Waals surface area contributed by atoms with Gasteiger partial charge in [-0.2, -0.15) is 0 Å². The zero-order valence-electron chi connectivity index (χ0n) is 10.4. The predicted molar refractivity (Wildman–Crippen MR) is 76.0 cm³/mol. The number of halogens is 1. The molecule has 0 saturated carbocycles. The maximum atomic E-state index is 12.1. The number of carbonyl (C=O) groups is 1. The van der Waals surface area contributed by atoms with E-state index in [9.17, 15) is 4.79 Å². The maximum Gasteiger partial charge on any atom is 0.255 e. The van der Waals surface area contributed by atoms with E-state index in [0.29, 0.717) is 10.6 Å². The normalized spacial score (nSPS) is 11.9. The number of nitrogens with one attached hydrogen (secondary N) is 1. The Morgan fingerprint density at radius 2 is 2.05 bits per heavy atom. The van der Waals surface area contributed by atoms with Crippen LogP contribution in [0.15, 0.2) is 42.6 Å². The van der Waals surface area contributed by atoms with Crippen molar-refractivity contribution < 1.29 is 4.79 Å². The van der Waals surface area contributed by atoms with Crippen LogP contribution in [-0.2, 0) is 0 Å². The standard InChI is InChI=1S/C14H14ClN3O/c1-9(10-5-2-3-7-12(10)15)18-14(19)11-6-4-8-17-13(11)16/h2-9H,1H3,(H2,16,17)(H,18,19). The van der Waals surface area contributed by atoms with Gasteiger partial charge in [-0.3, -0.25) is 4.79 Å². The van der Waals surface area contributed by atoms with Gasteiger partial charge in [0.25, 0.3) is 5.91 Å². The number of anilines is 1. The summed E-state index contributed by atoms with van der Waals surface area (Å²) in [6, 6.07) is 10.5. The van der Waals surface area contributed by atoms with Gasteiger partial charge in [0, 0.05) is 11.2 Å². The second-order valence-corrected chi connectivity index (χ2v) is 4.56. The molecule has 1 aromatic carbocycles. The van der Waals surface area contributed by atoms with Gasteiger partial charge >= 0.3 is 0 Å². The Morgan fingerprint density at radius 1 is 1.32 bits per heavy atom. The average Bonchev–Trinajstić information content (AvgIpc) is 2.39. The molecule has 0 radical (unpaired) electrons. The van der Waals surface area contributed by atoms with Gasteiger partial charge < -0.3 is 11.1 Å². The smallest absolute Gasteiger partial charge is 0.255 e. The van der Waals surface area contributed by atoms with Crippen molar-refractivity contribution in [3.8, 4) is 0 Å². The molecule has 0 saturated heterocycles. The summed E-state index contributed by atoms with van der Waals surface area (Å²) in [4.78, 5) is 16.0. The monoisotopic (exact) mass is 275 g/mol. The van der Waals surface area contributed by atoms with Crippen LogP contribution in [0.1, 0.15) is 28.9 Å². The molecular weight excluding hydrogens is 262 g/mol. The highest BCUT2D eigenvalue weighted by Crippen LogP contribution is 2.22. The highest BCUT2D eigenvalue weighted by Gasteiger charge is 2.15. The van der Waals surface area contributed by atoms with Crippen LogP contribution in [0.2, 0.25) is 5.02 Å². The molecule has 1 heterocycles. The number of benzene rings is 1. The van der Waals surface area contributed by atoms with Crippen molar-refractivity contribution in [3.05, 3.63) is 58.7 Å². The first-order valence-electron chi connectivity index (χ1n) is 5.85. The highest BCUT2D eigenvalue weighted by molar-refractivity contribution is 6.31. The van der Waals surface area contributed by atoms with Gasteiger partial charge in [-0.05, 0) is 30.7 Å². The van der Waals surface area contributed by atoms with Crippen LogP contribution in [0.4, 0.5) is 5.82 Å². The minimum absolute atomic E-state index is 0.208. The quantitative estimate of drug-likeness (QED) is 0.905. The van der Waals surface area contributed by atoms with Gasteiger partial charge in [-0.1, -0.05) is 29.8 Å². The van der Waals surface area contributed by atoms with E-state index in [-0.39, 0.29) is 17.8 Å². The molecule has 0 aliphatic heterocycles. The lowest BCUT2D eigenvalue weighted by Gasteiger charge is -2.16. The largest absolute Gasteiger partial charge is 0.383 e. The molecule has 1 aromatic heterocycles. The highest BCUT2D eigenvalue weighted by atomic mass is 35.5. The molecule has 1 atom stereocenters. The van der Waals surface area contributed by atoms with Gasteiger partial charge in [0.05, 0.1) is 11.6 Å². The Hall–Kier alpha value is -2.07. The molecule has 0 fully saturated rings. The van der Waals surface area contributed by atoms with E-state index in [1.807, 2.05) is 25.1 Å². The summed E-state index contributed by atoms with van der Waals surface area (Å²) < 4.78 is 0. The average molecular weight is 276 g/mol. The van der Waals surface area contributed by atoms with E-state index in [0.717, 1.165) is 5.56 Å². The molecular formula is C14H14ClN3O. The van der Waals surface area contributed by atoms with Crippen molar-refractivity contribution in [1.29, 1.82) is 0 Å². The molecule has 0 aliphatic rings. The maximum absolute atomic E-state index is 12.1. The Bertz CT molecular complexity index is 601. The fourth-order valence-electron chi connectivity index (χ4n) is 1.79. The van der Waals surface area contributed by atoms with Crippen LogP contribution in [0.5, 0.6) is 0 Å². The van der Waals surface area contributed by atoms with Crippen molar-refractivity contribution in [1.82, 2.24) is 10.3 Å². The van der Waals surface area contributed by atoms with Gasteiger partial charge in [-0.15, -0.1) is 0 Å². The molecule has 2 rings (SSSR count). The van der Waals surface area contributed by atoms with E-state index in [4.69, 9.17) is 17.3 Å². The number of amides is 1. The first-order chi connectivity index (χ1) is 9.09. The predicted octanol–water partition coefficient (Wildman–Crippen LogP) is 2.81. The Balaban J connectivity index is 2.16. The number of hydrogen-bond donors (Lipinski definition) is 2. The summed E-state index contributed by atoms with van der Waals surface area (Å²) in [6.07, 6.45) is 1.55. The van der Waals surface area contributed by atoms with E-state index < -0.39 is 0 Å². The molecule has 19 heavy (non-hydrogen) atoms. The summed E-state index contributed by atoms with van der Waals surface area (Å²) in [5.74, 6) is -0.0515. The number of nitrogens with zero attached hydrogens (tertiary/aromatic N) is 1. The SMILES string of the molecule is CC(NC(=O)c1cccnc1N)c1ccccc1Cl. The van der Waals surface area contributed by atoms with Crippen molar-refractivity contribution in [2.24, 2.45) is 0 Å². The molecule has 0 spiro atoms. The summed E-state index contributed by atoms with van der Waals surface area (Å²) >= 11 is 6.09. The molecule has 0 bridgehead atoms. The molecule has 0 aliphatic carbocycles. The van der Waals surface area contributed by atoms with Crippen LogP contribution >= 0.6 is 11.6 Å². The van der Waals surface area contributed by atoms with Crippen LogP contribution in [-0.4, -0.2) is 10.9 Å². The number of nitrogens with two attached hydrogens (primary N) is 1. The number of aromatic nitrogens is 1. The van der Waals surface area contributed by atoms with Gasteiger partial charge in [0.15, 0.2) is 0 Å². The van der Waals surface area contributed by atoms with E-state index in [1.165, 1.54) is 0 Å². The fraction of sp³-hybridized carbons (Fsp3) is 0.143. The number of carbonyl (C=O) groups excluding carboxylic acids is 1. The third-order valence-electron chi connectivity index (χ3n) is 2.80. The first-order valence-corrected chi connectivity index (χ1v) is 6.23. The third kappa shape index (κ3) is 3.03. The second-order valence-electron chi connectivity index (χ2n) is 4.15. The zero-order chi connectivity index (χ0) is 13.8. The van der Waals surface area contributed by atoms with Crippen LogP contribution in [0.3, 0.4) is 0 Å². The second kappa shape index (κ2) is 5.71. The van der Waals surface area contributed by atoms with Crippen molar-refractivity contribution in [2.45, 2.75) is 13.0 Å². The zero-order valence-corrected chi connectivity index (χ0v) is 11.2. The van der Waals surface area contributed by atoms with Gasteiger partial charge in [0.1, 0.15) is 5.82 Å². The lowest BCUT2D eigenvalue weighted by atomic mass is 10.1. The lowest BCUT2D eigenvalue weighted by molar-refractivity contribution is 0.0940. The lowest BCUT2D eigenvalue weighted by Crippen LogP contribution is -2.27. The summed E-state index contributed by atoms with van der Waals surface area (Å²) in [5, 5.41) is 3.47. The van der Waals surface area contributed by atoms with Crippen LogP contribution < -0.4 is 11.1 Å². The Morgan fingerprint density at radius 3 is 2.74 bits per heavy atom. The van der Waals surface area contributed by atoms with Gasteiger partial charge in [0.2, 0.25) is 0 Å². The number of pyridine rings is 1. The van der Waals surface area contributed by atoms with E-state index in [2.05, 4.69) is 10.3 Å². The van der Waals surface area contributed by atoms with Crippen molar-refractivity contribution >= 4 is 23.3 Å². The van der Waals surface area contributed by atoms with Crippen LogP contribution in [0, 0.1) is 0 Å². The minimum Gasteiger partial charge on any atom is -0.383 e. The van der Waals surface area contributed by atoms with E-state index in [1.54, 1.807) is 24.4 Å². The van der Waals surface area contributed by atoms with Crippen molar-refractivity contribution in [2.75, 3.05) is 5.73 Å². The molecule has 98 valence electrons. The number of nitrogen functional groups attached to an aromatic ring is 1.